The number of nitrogens with zero attached hydrogens (tertiary/aromatic N) is 2. The van der Waals surface area contributed by atoms with Gasteiger partial charge in [0.2, 0.25) is 0 Å². The molecule has 0 fully saturated rings. The maximum Gasteiger partial charge on any atom is 0.338 e. The molecule has 210 valence electrons. The SMILES string of the molecule is CSc1ccc(C2C(C(=O)OCc3ccccc3)=C(C)N=c3sc(=Cc4ccc(-c5cccc(Br)c5)o4)c(=O)n32)cc1. The molecule has 0 saturated heterocycles. The Hall–Kier alpha value is -3.92. The lowest BCUT2D eigenvalue weighted by Gasteiger charge is -2.25. The highest BCUT2D eigenvalue weighted by molar-refractivity contribution is 9.10. The van der Waals surface area contributed by atoms with Crippen LogP contribution in [0.3, 0.4) is 0 Å². The zero-order valence-electron chi connectivity index (χ0n) is 22.7. The number of hydrogen-bond donors (Lipinski definition) is 0. The van der Waals surface area contributed by atoms with Crippen molar-refractivity contribution >= 4 is 51.1 Å². The number of carbonyl (C=O) groups is 1. The quantitative estimate of drug-likeness (QED) is 0.144. The average Bonchev–Trinajstić information content (AvgIpc) is 3.60. The minimum atomic E-state index is -0.684. The molecule has 5 aromatic rings. The van der Waals surface area contributed by atoms with Crippen LogP contribution >= 0.6 is 39.0 Å². The molecule has 6 nitrogen and oxygen atoms in total. The van der Waals surface area contributed by atoms with Gasteiger partial charge >= 0.3 is 5.97 Å². The van der Waals surface area contributed by atoms with Gasteiger partial charge in [-0.3, -0.25) is 9.36 Å². The number of allylic oxidation sites excluding steroid dienone is 1. The predicted molar refractivity (Wildman–Crippen MR) is 170 cm³/mol. The van der Waals surface area contributed by atoms with Gasteiger partial charge in [0.15, 0.2) is 4.80 Å². The highest BCUT2D eigenvalue weighted by Crippen LogP contribution is 2.32. The normalized spacial score (nSPS) is 14.9. The van der Waals surface area contributed by atoms with Gasteiger partial charge in [-0.25, -0.2) is 9.79 Å². The van der Waals surface area contributed by atoms with Crippen molar-refractivity contribution in [2.75, 3.05) is 6.26 Å². The number of furan rings is 1. The van der Waals surface area contributed by atoms with E-state index < -0.39 is 12.0 Å². The number of benzene rings is 3. The van der Waals surface area contributed by atoms with Gasteiger partial charge in [0.05, 0.1) is 21.8 Å². The van der Waals surface area contributed by atoms with Gasteiger partial charge in [0, 0.05) is 21.0 Å². The number of aromatic nitrogens is 1. The lowest BCUT2D eigenvalue weighted by atomic mass is 9.96. The summed E-state index contributed by atoms with van der Waals surface area (Å²) in [6, 6.07) is 28.3. The highest BCUT2D eigenvalue weighted by atomic mass is 79.9. The summed E-state index contributed by atoms with van der Waals surface area (Å²) in [6.45, 7) is 1.91. The van der Waals surface area contributed by atoms with Crippen molar-refractivity contribution in [3.63, 3.8) is 0 Å². The summed E-state index contributed by atoms with van der Waals surface area (Å²) >= 11 is 6.39. The van der Waals surface area contributed by atoms with E-state index in [1.807, 2.05) is 97.3 Å². The topological polar surface area (TPSA) is 73.8 Å². The van der Waals surface area contributed by atoms with E-state index in [4.69, 9.17) is 14.1 Å². The molecule has 3 heterocycles. The molecule has 0 amide bonds. The molecule has 9 heteroatoms. The Morgan fingerprint density at radius 1 is 1.07 bits per heavy atom. The fourth-order valence-electron chi connectivity index (χ4n) is 4.84. The molecular weight excluding hydrogens is 632 g/mol. The van der Waals surface area contributed by atoms with E-state index in [1.54, 1.807) is 29.3 Å². The molecule has 6 rings (SSSR count). The molecule has 3 aromatic carbocycles. The molecule has 1 unspecified atom stereocenters. The van der Waals surface area contributed by atoms with Crippen LogP contribution in [0.25, 0.3) is 17.4 Å². The van der Waals surface area contributed by atoms with E-state index in [0.29, 0.717) is 32.1 Å². The maximum atomic E-state index is 14.0. The molecule has 0 N–H and O–H groups in total. The molecule has 1 atom stereocenters. The van der Waals surface area contributed by atoms with Crippen LogP contribution in [0.5, 0.6) is 0 Å². The van der Waals surface area contributed by atoms with Gasteiger partial charge in [-0.2, -0.15) is 0 Å². The Labute approximate surface area is 258 Å². The Bertz CT molecular complexity index is 1990. The van der Waals surface area contributed by atoms with Gasteiger partial charge < -0.3 is 9.15 Å². The first kappa shape index (κ1) is 28.2. The summed E-state index contributed by atoms with van der Waals surface area (Å²) in [5.74, 6) is 0.744. The van der Waals surface area contributed by atoms with Crippen LogP contribution in [0.2, 0.25) is 0 Å². The largest absolute Gasteiger partial charge is 0.457 e. The van der Waals surface area contributed by atoms with Crippen molar-refractivity contribution in [3.05, 3.63) is 143 Å². The van der Waals surface area contributed by atoms with Crippen molar-refractivity contribution in [1.82, 2.24) is 4.57 Å². The summed E-state index contributed by atoms with van der Waals surface area (Å²) in [6.07, 6.45) is 3.73. The van der Waals surface area contributed by atoms with E-state index in [9.17, 15) is 9.59 Å². The van der Waals surface area contributed by atoms with Crippen LogP contribution in [0, 0.1) is 0 Å². The number of fused-ring (bicyclic) bond motifs is 1. The molecule has 2 aromatic heterocycles. The third kappa shape index (κ3) is 5.72. The minimum Gasteiger partial charge on any atom is -0.457 e. The Morgan fingerprint density at radius 3 is 2.60 bits per heavy atom. The number of thiazole rings is 1. The van der Waals surface area contributed by atoms with E-state index >= 15 is 0 Å². The van der Waals surface area contributed by atoms with Crippen molar-refractivity contribution in [2.45, 2.75) is 24.5 Å². The second-order valence-corrected chi connectivity index (χ2v) is 12.4. The zero-order chi connectivity index (χ0) is 29.2. The molecule has 0 saturated carbocycles. The average molecular weight is 658 g/mol. The zero-order valence-corrected chi connectivity index (χ0v) is 26.0. The predicted octanol–water partition coefficient (Wildman–Crippen LogP) is 6.72. The first-order valence-electron chi connectivity index (χ1n) is 13.1. The van der Waals surface area contributed by atoms with Crippen molar-refractivity contribution in [1.29, 1.82) is 0 Å². The van der Waals surface area contributed by atoms with Crippen molar-refractivity contribution in [2.24, 2.45) is 4.99 Å². The molecule has 42 heavy (non-hydrogen) atoms. The van der Waals surface area contributed by atoms with Gasteiger partial charge in [0.1, 0.15) is 18.1 Å². The fraction of sp³-hybridized carbons (Fsp3) is 0.121. The summed E-state index contributed by atoms with van der Waals surface area (Å²) in [7, 11) is 0. The molecular formula is C33H25BrN2O4S2. The molecule has 0 bridgehead atoms. The Morgan fingerprint density at radius 2 is 1.86 bits per heavy atom. The van der Waals surface area contributed by atoms with Crippen molar-refractivity contribution < 1.29 is 13.9 Å². The number of rotatable bonds is 7. The number of esters is 1. The standard InChI is InChI=1S/C33H25BrN2O4S2/c1-20-29(32(38)39-19-21-7-4-3-5-8-21)30(22-11-14-26(41-2)15-12-22)36-31(37)28(42-33(36)35-20)18-25-13-16-27(40-25)23-9-6-10-24(34)17-23/h3-18,30H,19H2,1-2H3. The lowest BCUT2D eigenvalue weighted by Crippen LogP contribution is -2.39. The fourth-order valence-corrected chi connectivity index (χ4v) is 6.68. The van der Waals surface area contributed by atoms with Gasteiger partial charge in [0.25, 0.3) is 5.56 Å². The molecule has 1 aliphatic rings. The van der Waals surface area contributed by atoms with Crippen LogP contribution in [-0.2, 0) is 16.1 Å². The smallest absolute Gasteiger partial charge is 0.338 e. The van der Waals surface area contributed by atoms with Gasteiger partial charge in [-0.1, -0.05) is 81.9 Å². The minimum absolute atomic E-state index is 0.123. The van der Waals surface area contributed by atoms with Gasteiger partial charge in [-0.05, 0) is 60.7 Å². The summed E-state index contributed by atoms with van der Waals surface area (Å²) in [5, 5.41) is 0. The summed E-state index contributed by atoms with van der Waals surface area (Å²) < 4.78 is 14.8. The molecule has 0 spiro atoms. The highest BCUT2D eigenvalue weighted by Gasteiger charge is 2.33. The van der Waals surface area contributed by atoms with Crippen LogP contribution in [0.15, 0.2) is 126 Å². The number of halogens is 1. The first-order valence-corrected chi connectivity index (χ1v) is 16.0. The first-order chi connectivity index (χ1) is 20.4. The van der Waals surface area contributed by atoms with E-state index in [2.05, 4.69) is 15.9 Å². The molecule has 0 radical (unpaired) electrons. The molecule has 1 aliphatic heterocycles. The third-order valence-corrected chi connectivity index (χ3v) is 9.11. The summed E-state index contributed by atoms with van der Waals surface area (Å²) in [4.78, 5) is 33.8. The maximum absolute atomic E-state index is 14.0. The number of carbonyl (C=O) groups excluding carboxylic acids is 1. The Kier molecular flexibility index (Phi) is 8.15. The van der Waals surface area contributed by atoms with Crippen LogP contribution < -0.4 is 14.9 Å². The van der Waals surface area contributed by atoms with Crippen molar-refractivity contribution in [3.8, 4) is 11.3 Å². The van der Waals surface area contributed by atoms with Gasteiger partial charge in [-0.15, -0.1) is 11.8 Å². The third-order valence-electron chi connectivity index (χ3n) is 6.90. The van der Waals surface area contributed by atoms with E-state index in [0.717, 1.165) is 26.1 Å². The Balaban J connectivity index is 1.41. The number of thioether (sulfide) groups is 1. The molecule has 0 aliphatic carbocycles. The van der Waals surface area contributed by atoms with Crippen LogP contribution in [0.1, 0.15) is 29.9 Å². The van der Waals surface area contributed by atoms with Crippen LogP contribution in [-0.4, -0.2) is 16.8 Å². The monoisotopic (exact) mass is 656 g/mol. The van der Waals surface area contributed by atoms with Crippen LogP contribution in [0.4, 0.5) is 0 Å². The second kappa shape index (κ2) is 12.1. The summed E-state index contributed by atoms with van der Waals surface area (Å²) in [5.41, 5.74) is 3.22. The van der Waals surface area contributed by atoms with E-state index in [-0.39, 0.29) is 12.2 Å². The van der Waals surface area contributed by atoms with E-state index in [1.165, 1.54) is 11.3 Å². The second-order valence-electron chi connectivity index (χ2n) is 9.63. The lowest BCUT2D eigenvalue weighted by molar-refractivity contribution is -0.140. The number of ether oxygens (including phenoxy) is 1. The number of hydrogen-bond acceptors (Lipinski definition) is 7.